The molecule has 0 saturated carbocycles. The Morgan fingerprint density at radius 1 is 1.40 bits per heavy atom. The molecule has 0 bridgehead atoms. The first-order valence-corrected chi connectivity index (χ1v) is 3.28. The first kappa shape index (κ1) is 12.3. The molecule has 0 aromatic carbocycles. The van der Waals surface area contributed by atoms with E-state index in [-0.39, 0.29) is 12.5 Å². The van der Waals surface area contributed by atoms with Crippen molar-refractivity contribution >= 4 is 6.29 Å². The predicted octanol–water partition coefficient (Wildman–Crippen LogP) is 0.201. The lowest BCUT2D eigenvalue weighted by molar-refractivity contribution is -0.110. The Hall–Kier alpha value is -0.410. The summed E-state index contributed by atoms with van der Waals surface area (Å²) in [5, 5.41) is 16.0. The van der Waals surface area contributed by atoms with Crippen molar-refractivity contribution in [2.45, 2.75) is 26.9 Å². The average molecular weight is 148 g/mol. The van der Waals surface area contributed by atoms with Crippen molar-refractivity contribution in [3.05, 3.63) is 0 Å². The van der Waals surface area contributed by atoms with Gasteiger partial charge in [0.1, 0.15) is 6.29 Å². The first-order chi connectivity index (χ1) is 4.54. The van der Waals surface area contributed by atoms with Gasteiger partial charge in [0.25, 0.3) is 0 Å². The van der Waals surface area contributed by atoms with Gasteiger partial charge in [0.05, 0.1) is 12.7 Å². The third kappa shape index (κ3) is 25.6. The molecule has 0 aromatic rings. The molecule has 0 radical (unpaired) electrons. The van der Waals surface area contributed by atoms with Gasteiger partial charge < -0.3 is 15.0 Å². The second kappa shape index (κ2) is 8.59. The summed E-state index contributed by atoms with van der Waals surface area (Å²) in [4.78, 5) is 9.50. The van der Waals surface area contributed by atoms with Crippen LogP contribution in [0.2, 0.25) is 0 Å². The van der Waals surface area contributed by atoms with Gasteiger partial charge in [-0.2, -0.15) is 0 Å². The molecule has 1 atom stereocenters. The molecular weight excluding hydrogens is 132 g/mol. The van der Waals surface area contributed by atoms with E-state index in [9.17, 15) is 4.79 Å². The van der Waals surface area contributed by atoms with Gasteiger partial charge in [0, 0.05) is 5.92 Å². The van der Waals surface area contributed by atoms with E-state index in [1.807, 2.05) is 13.8 Å². The fourth-order valence-electron chi connectivity index (χ4n) is 0. The highest BCUT2D eigenvalue weighted by Crippen LogP contribution is 1.78. The van der Waals surface area contributed by atoms with Crippen LogP contribution in [0.15, 0.2) is 0 Å². The Labute approximate surface area is 61.7 Å². The van der Waals surface area contributed by atoms with Crippen LogP contribution in [0.4, 0.5) is 0 Å². The highest BCUT2D eigenvalue weighted by molar-refractivity contribution is 5.51. The average Bonchev–Trinajstić information content (AvgIpc) is 1.89. The Morgan fingerprint density at radius 2 is 1.60 bits per heavy atom. The smallest absolute Gasteiger partial charge is 0.122 e. The van der Waals surface area contributed by atoms with Crippen LogP contribution in [0.1, 0.15) is 20.8 Å². The monoisotopic (exact) mass is 148 g/mol. The number of aldehydes is 1. The lowest BCUT2D eigenvalue weighted by atomic mass is 10.3. The number of rotatable bonds is 2. The molecule has 0 aromatic heterocycles. The van der Waals surface area contributed by atoms with Gasteiger partial charge in [-0.1, -0.05) is 13.8 Å². The molecule has 62 valence electrons. The molecule has 0 rings (SSSR count). The van der Waals surface area contributed by atoms with Gasteiger partial charge in [0.2, 0.25) is 0 Å². The number of aliphatic hydroxyl groups excluding tert-OH is 2. The van der Waals surface area contributed by atoms with Crippen molar-refractivity contribution in [3.8, 4) is 0 Å². The second-order valence-electron chi connectivity index (χ2n) is 2.41. The molecule has 3 heteroatoms. The molecular formula is C7H16O3. The zero-order valence-corrected chi connectivity index (χ0v) is 6.74. The number of aliphatic hydroxyl groups is 2. The minimum atomic E-state index is -0.560. The lowest BCUT2D eigenvalue weighted by Crippen LogP contribution is -2.03. The molecule has 0 heterocycles. The third-order valence-corrected chi connectivity index (χ3v) is 0.536. The molecule has 0 fully saturated rings. The maximum atomic E-state index is 9.50. The molecule has 2 N–H and O–H groups in total. The SMILES string of the molecule is CC(C)C=O.CC(O)CO. The van der Waals surface area contributed by atoms with Crippen LogP contribution in [0, 0.1) is 5.92 Å². The Kier molecular flexibility index (Phi) is 10.6. The molecule has 0 saturated heterocycles. The van der Waals surface area contributed by atoms with Crippen LogP contribution in [0.3, 0.4) is 0 Å². The summed E-state index contributed by atoms with van der Waals surface area (Å²) < 4.78 is 0. The van der Waals surface area contributed by atoms with Gasteiger partial charge >= 0.3 is 0 Å². The van der Waals surface area contributed by atoms with Crippen molar-refractivity contribution in [1.29, 1.82) is 0 Å². The van der Waals surface area contributed by atoms with Gasteiger partial charge in [-0.15, -0.1) is 0 Å². The van der Waals surface area contributed by atoms with E-state index in [2.05, 4.69) is 0 Å². The molecule has 3 nitrogen and oxygen atoms in total. The summed E-state index contributed by atoms with van der Waals surface area (Å²) in [6, 6.07) is 0. The molecule has 0 aliphatic carbocycles. The molecule has 1 unspecified atom stereocenters. The zero-order chi connectivity index (χ0) is 8.57. The highest BCUT2D eigenvalue weighted by Gasteiger charge is 1.83. The van der Waals surface area contributed by atoms with Crippen molar-refractivity contribution in [2.24, 2.45) is 5.92 Å². The van der Waals surface area contributed by atoms with E-state index in [0.717, 1.165) is 6.29 Å². The minimum absolute atomic E-state index is 0.139. The second-order valence-corrected chi connectivity index (χ2v) is 2.41. The molecule has 10 heavy (non-hydrogen) atoms. The number of hydrogen-bond donors (Lipinski definition) is 2. The van der Waals surface area contributed by atoms with Gasteiger partial charge in [-0.25, -0.2) is 0 Å². The van der Waals surface area contributed by atoms with Crippen LogP contribution < -0.4 is 0 Å². The van der Waals surface area contributed by atoms with E-state index in [1.165, 1.54) is 6.92 Å². The molecule has 0 spiro atoms. The van der Waals surface area contributed by atoms with Crippen LogP contribution in [-0.2, 0) is 4.79 Å². The van der Waals surface area contributed by atoms with Gasteiger partial charge in [-0.3, -0.25) is 0 Å². The Bertz CT molecular complexity index is 69.3. The van der Waals surface area contributed by atoms with Crippen LogP contribution in [0.5, 0.6) is 0 Å². The van der Waals surface area contributed by atoms with Crippen LogP contribution in [0.25, 0.3) is 0 Å². The van der Waals surface area contributed by atoms with Crippen molar-refractivity contribution in [2.75, 3.05) is 6.61 Å². The summed E-state index contributed by atoms with van der Waals surface area (Å²) in [7, 11) is 0. The number of carbonyl (C=O) groups is 1. The third-order valence-electron chi connectivity index (χ3n) is 0.536. The normalized spacial score (nSPS) is 11.8. The van der Waals surface area contributed by atoms with E-state index >= 15 is 0 Å². The van der Waals surface area contributed by atoms with Crippen molar-refractivity contribution in [1.82, 2.24) is 0 Å². The van der Waals surface area contributed by atoms with Gasteiger partial charge in [0.15, 0.2) is 0 Å². The van der Waals surface area contributed by atoms with E-state index in [1.54, 1.807) is 0 Å². The van der Waals surface area contributed by atoms with Gasteiger partial charge in [-0.05, 0) is 6.92 Å². The topological polar surface area (TPSA) is 57.5 Å². The first-order valence-electron chi connectivity index (χ1n) is 3.28. The quantitative estimate of drug-likeness (QED) is 0.550. The Morgan fingerprint density at radius 3 is 1.60 bits per heavy atom. The number of hydrogen-bond acceptors (Lipinski definition) is 3. The van der Waals surface area contributed by atoms with E-state index in [0.29, 0.717) is 0 Å². The molecule has 0 aliphatic heterocycles. The molecule has 0 aliphatic rings. The van der Waals surface area contributed by atoms with Crippen LogP contribution in [-0.4, -0.2) is 29.2 Å². The maximum absolute atomic E-state index is 9.50. The summed E-state index contributed by atoms with van der Waals surface area (Å²) in [5.74, 6) is 0.204. The standard InChI is InChI=1S/C4H8O.C3H8O2/c1-4(2)3-5;1-3(5)2-4/h3-4H,1-2H3;3-5H,2H2,1H3. The van der Waals surface area contributed by atoms with Crippen molar-refractivity contribution in [3.63, 3.8) is 0 Å². The van der Waals surface area contributed by atoms with E-state index < -0.39 is 6.10 Å². The van der Waals surface area contributed by atoms with Crippen molar-refractivity contribution < 1.29 is 15.0 Å². The maximum Gasteiger partial charge on any atom is 0.122 e. The van der Waals surface area contributed by atoms with E-state index in [4.69, 9.17) is 10.2 Å². The Balaban J connectivity index is 0. The lowest BCUT2D eigenvalue weighted by Gasteiger charge is -1.90. The zero-order valence-electron chi connectivity index (χ0n) is 6.74. The summed E-state index contributed by atoms with van der Waals surface area (Å²) in [6.07, 6.45) is 0.356. The molecule has 0 amide bonds. The summed E-state index contributed by atoms with van der Waals surface area (Å²) in [6.45, 7) is 5.10. The summed E-state index contributed by atoms with van der Waals surface area (Å²) in [5.41, 5.74) is 0. The fourth-order valence-corrected chi connectivity index (χ4v) is 0. The summed E-state index contributed by atoms with van der Waals surface area (Å²) >= 11 is 0. The van der Waals surface area contributed by atoms with Crippen LogP contribution >= 0.6 is 0 Å². The predicted molar refractivity (Wildman–Crippen MR) is 39.7 cm³/mol. The fraction of sp³-hybridized carbons (Fsp3) is 0.857. The largest absolute Gasteiger partial charge is 0.394 e. The number of carbonyl (C=O) groups excluding carboxylic acids is 1. The minimum Gasteiger partial charge on any atom is -0.394 e. The highest BCUT2D eigenvalue weighted by atomic mass is 16.3.